The number of nitrogens with one attached hydrogen (secondary N) is 1. The van der Waals surface area contributed by atoms with Crippen LogP contribution in [0.1, 0.15) is 35.5 Å². The third-order valence-corrected chi connectivity index (χ3v) is 5.70. The maximum absolute atomic E-state index is 12.9. The number of nitrogens with zero attached hydrogens (tertiary/aromatic N) is 1. The van der Waals surface area contributed by atoms with Gasteiger partial charge in [-0.25, -0.2) is 0 Å². The van der Waals surface area contributed by atoms with E-state index in [1.807, 2.05) is 13.0 Å². The maximum atomic E-state index is 12.9. The highest BCUT2D eigenvalue weighted by molar-refractivity contribution is 5.79. The molecular formula is C21H27N2O2+. The van der Waals surface area contributed by atoms with Crippen LogP contribution in [0, 0.1) is 12.8 Å². The predicted octanol–water partition coefficient (Wildman–Crippen LogP) is 1.97. The second-order valence-electron chi connectivity index (χ2n) is 7.49. The minimum Gasteiger partial charge on any atom is -0.460 e. The van der Waals surface area contributed by atoms with Crippen LogP contribution < -0.4 is 4.90 Å². The van der Waals surface area contributed by atoms with Crippen molar-refractivity contribution in [1.82, 2.24) is 4.90 Å². The Kier molecular flexibility index (Phi) is 4.62. The van der Waals surface area contributed by atoms with Crippen molar-refractivity contribution in [2.75, 3.05) is 19.6 Å². The molecule has 0 radical (unpaired) electrons. The molecule has 0 atom stereocenters. The van der Waals surface area contributed by atoms with E-state index < -0.39 is 0 Å². The third kappa shape index (κ3) is 3.64. The van der Waals surface area contributed by atoms with E-state index in [1.165, 1.54) is 16.0 Å². The first-order valence-electron chi connectivity index (χ1n) is 9.43. The second kappa shape index (κ2) is 7.04. The van der Waals surface area contributed by atoms with Crippen LogP contribution in [0.25, 0.3) is 0 Å². The molecule has 2 aliphatic heterocycles. The molecule has 4 nitrogen and oxygen atoms in total. The molecule has 4 rings (SSSR count). The molecule has 3 heterocycles. The zero-order chi connectivity index (χ0) is 17.2. The van der Waals surface area contributed by atoms with E-state index in [-0.39, 0.29) is 5.92 Å². The molecule has 1 N–H and O–H groups in total. The molecule has 0 spiro atoms. The fourth-order valence-electron chi connectivity index (χ4n) is 4.22. The number of benzene rings is 1. The minimum atomic E-state index is 0.201. The second-order valence-corrected chi connectivity index (χ2v) is 7.49. The highest BCUT2D eigenvalue weighted by atomic mass is 16.3. The number of furan rings is 1. The Bertz CT molecular complexity index is 744. The lowest BCUT2D eigenvalue weighted by Gasteiger charge is -2.34. The molecule has 1 fully saturated rings. The molecule has 1 aromatic carbocycles. The molecular weight excluding hydrogens is 312 g/mol. The van der Waals surface area contributed by atoms with Crippen LogP contribution in [0.5, 0.6) is 0 Å². The average molecular weight is 339 g/mol. The van der Waals surface area contributed by atoms with Gasteiger partial charge in [0.25, 0.3) is 0 Å². The maximum Gasteiger partial charge on any atom is 0.226 e. The number of carbonyl (C=O) groups is 1. The van der Waals surface area contributed by atoms with E-state index >= 15 is 0 Å². The van der Waals surface area contributed by atoms with Gasteiger partial charge < -0.3 is 14.2 Å². The number of quaternary nitrogens is 1. The van der Waals surface area contributed by atoms with Crippen molar-refractivity contribution in [2.45, 2.75) is 39.3 Å². The Morgan fingerprint density at radius 3 is 2.64 bits per heavy atom. The van der Waals surface area contributed by atoms with E-state index in [0.717, 1.165) is 63.5 Å². The summed E-state index contributed by atoms with van der Waals surface area (Å²) in [6.07, 6.45) is 2.97. The minimum absolute atomic E-state index is 0.201. The van der Waals surface area contributed by atoms with Crippen LogP contribution in [-0.2, 0) is 24.3 Å². The number of amides is 1. The first-order chi connectivity index (χ1) is 12.2. The largest absolute Gasteiger partial charge is 0.460 e. The van der Waals surface area contributed by atoms with Gasteiger partial charge >= 0.3 is 0 Å². The highest BCUT2D eigenvalue weighted by Gasteiger charge is 2.32. The smallest absolute Gasteiger partial charge is 0.226 e. The van der Waals surface area contributed by atoms with Crippen LogP contribution in [-0.4, -0.2) is 30.4 Å². The number of carbonyl (C=O) groups excluding carboxylic acids is 1. The van der Waals surface area contributed by atoms with Crippen LogP contribution in [0.3, 0.4) is 0 Å². The Balaban J connectivity index is 1.31. The van der Waals surface area contributed by atoms with E-state index in [0.29, 0.717) is 5.91 Å². The number of hydrogen-bond acceptors (Lipinski definition) is 2. The van der Waals surface area contributed by atoms with Gasteiger partial charge in [0, 0.05) is 31.8 Å². The summed E-state index contributed by atoms with van der Waals surface area (Å²) in [6, 6.07) is 12.6. The number of piperidine rings is 1. The van der Waals surface area contributed by atoms with Crippen molar-refractivity contribution in [3.8, 4) is 0 Å². The molecule has 0 aliphatic carbocycles. The molecule has 1 amide bonds. The van der Waals surface area contributed by atoms with Gasteiger partial charge in [-0.2, -0.15) is 0 Å². The Hall–Kier alpha value is -2.07. The Labute approximate surface area is 149 Å². The van der Waals surface area contributed by atoms with Crippen LogP contribution in [0.15, 0.2) is 40.8 Å². The summed E-state index contributed by atoms with van der Waals surface area (Å²) in [4.78, 5) is 16.5. The van der Waals surface area contributed by atoms with Crippen LogP contribution in [0.4, 0.5) is 0 Å². The van der Waals surface area contributed by atoms with Crippen molar-refractivity contribution in [2.24, 2.45) is 5.92 Å². The number of aryl methyl sites for hydroxylation is 1. The summed E-state index contributed by atoms with van der Waals surface area (Å²) in [5.74, 6) is 2.60. The summed E-state index contributed by atoms with van der Waals surface area (Å²) in [5, 5.41) is 0. The molecule has 4 heteroatoms. The standard InChI is InChI=1S/C21H26N2O2/c1-16-6-7-20(25-16)15-22-11-8-18(9-12-22)21(24)23-13-10-17-4-2-3-5-19(17)14-23/h2-7,18H,8-15H2,1H3/p+1. The summed E-state index contributed by atoms with van der Waals surface area (Å²) in [7, 11) is 0. The number of rotatable bonds is 3. The zero-order valence-corrected chi connectivity index (χ0v) is 15.0. The Morgan fingerprint density at radius 2 is 1.92 bits per heavy atom. The summed E-state index contributed by atoms with van der Waals surface area (Å²) in [6.45, 7) is 6.69. The topological polar surface area (TPSA) is 37.9 Å². The van der Waals surface area contributed by atoms with E-state index in [1.54, 1.807) is 0 Å². The van der Waals surface area contributed by atoms with Crippen molar-refractivity contribution in [3.05, 3.63) is 59.0 Å². The van der Waals surface area contributed by atoms with Gasteiger partial charge in [0.05, 0.1) is 13.1 Å². The molecule has 0 bridgehead atoms. The van der Waals surface area contributed by atoms with Crippen LogP contribution >= 0.6 is 0 Å². The van der Waals surface area contributed by atoms with Crippen molar-refractivity contribution >= 4 is 5.91 Å². The van der Waals surface area contributed by atoms with Crippen molar-refractivity contribution in [3.63, 3.8) is 0 Å². The molecule has 0 saturated carbocycles. The Morgan fingerprint density at radius 1 is 1.16 bits per heavy atom. The first kappa shape index (κ1) is 16.4. The first-order valence-corrected chi connectivity index (χ1v) is 9.43. The molecule has 2 aliphatic rings. The predicted molar refractivity (Wildman–Crippen MR) is 96.1 cm³/mol. The number of hydrogen-bond donors (Lipinski definition) is 1. The molecule has 2 aromatic rings. The zero-order valence-electron chi connectivity index (χ0n) is 15.0. The van der Waals surface area contributed by atoms with E-state index in [4.69, 9.17) is 4.42 Å². The SMILES string of the molecule is Cc1ccc(C[NH+]2CCC(C(=O)N3CCc4ccccc4C3)CC2)o1. The molecule has 1 saturated heterocycles. The number of likely N-dealkylation sites (tertiary alicyclic amines) is 1. The van der Waals surface area contributed by atoms with Gasteiger partial charge in [-0.1, -0.05) is 24.3 Å². The van der Waals surface area contributed by atoms with Gasteiger partial charge in [-0.3, -0.25) is 4.79 Å². The average Bonchev–Trinajstić information content (AvgIpc) is 3.06. The molecule has 1 aromatic heterocycles. The summed E-state index contributed by atoms with van der Waals surface area (Å²) < 4.78 is 5.69. The fraction of sp³-hybridized carbons (Fsp3) is 0.476. The van der Waals surface area contributed by atoms with E-state index in [2.05, 4.69) is 35.2 Å². The molecule has 25 heavy (non-hydrogen) atoms. The van der Waals surface area contributed by atoms with Gasteiger partial charge in [0.15, 0.2) is 5.76 Å². The molecule has 132 valence electrons. The lowest BCUT2D eigenvalue weighted by molar-refractivity contribution is -0.920. The van der Waals surface area contributed by atoms with Gasteiger partial charge in [0.2, 0.25) is 5.91 Å². The normalized spacial score (nSPS) is 23.3. The van der Waals surface area contributed by atoms with Crippen molar-refractivity contribution < 1.29 is 14.1 Å². The van der Waals surface area contributed by atoms with Crippen molar-refractivity contribution in [1.29, 1.82) is 0 Å². The monoisotopic (exact) mass is 339 g/mol. The van der Waals surface area contributed by atoms with Gasteiger partial charge in [0.1, 0.15) is 12.3 Å². The fourth-order valence-corrected chi connectivity index (χ4v) is 4.22. The van der Waals surface area contributed by atoms with E-state index in [9.17, 15) is 4.79 Å². The third-order valence-electron chi connectivity index (χ3n) is 5.70. The summed E-state index contributed by atoms with van der Waals surface area (Å²) >= 11 is 0. The number of fused-ring (bicyclic) bond motifs is 1. The van der Waals surface area contributed by atoms with Crippen LogP contribution in [0.2, 0.25) is 0 Å². The quantitative estimate of drug-likeness (QED) is 0.928. The highest BCUT2D eigenvalue weighted by Crippen LogP contribution is 2.22. The lowest BCUT2D eigenvalue weighted by Crippen LogP contribution is -3.11. The van der Waals surface area contributed by atoms with Gasteiger partial charge in [-0.05, 0) is 36.6 Å². The molecule has 0 unspecified atom stereocenters. The lowest BCUT2D eigenvalue weighted by atomic mass is 9.93. The van der Waals surface area contributed by atoms with Gasteiger partial charge in [-0.15, -0.1) is 0 Å². The summed E-state index contributed by atoms with van der Waals surface area (Å²) in [5.41, 5.74) is 2.72.